The molecular formula is C22H24F4N4O2. The van der Waals surface area contributed by atoms with E-state index in [4.69, 9.17) is 0 Å². The molecule has 0 spiro atoms. The zero-order valence-corrected chi connectivity index (χ0v) is 17.7. The van der Waals surface area contributed by atoms with Crippen LogP contribution in [0.2, 0.25) is 0 Å². The van der Waals surface area contributed by atoms with Crippen LogP contribution in [0.15, 0.2) is 41.2 Å². The Kier molecular flexibility index (Phi) is 7.32. The SMILES string of the molecule is CCCCCC(C)c1nc(Nc2ccc(OC(F)(F)C(F)F)cc2)nc2[nH]c(=O)ccc12. The Balaban J connectivity index is 1.86. The molecule has 10 heteroatoms. The summed E-state index contributed by atoms with van der Waals surface area (Å²) in [6.45, 7) is 4.18. The van der Waals surface area contributed by atoms with Gasteiger partial charge in [-0.3, -0.25) is 4.79 Å². The number of alkyl halides is 4. The van der Waals surface area contributed by atoms with Crippen LogP contribution in [0.1, 0.15) is 51.1 Å². The Morgan fingerprint density at radius 3 is 2.47 bits per heavy atom. The highest BCUT2D eigenvalue weighted by molar-refractivity contribution is 5.79. The van der Waals surface area contributed by atoms with Crippen molar-refractivity contribution in [3.63, 3.8) is 0 Å². The molecule has 1 atom stereocenters. The summed E-state index contributed by atoms with van der Waals surface area (Å²) in [4.78, 5) is 23.4. The number of aromatic nitrogens is 3. The predicted molar refractivity (Wildman–Crippen MR) is 114 cm³/mol. The molecule has 0 aliphatic rings. The molecule has 2 heterocycles. The van der Waals surface area contributed by atoms with Crippen molar-refractivity contribution in [2.75, 3.05) is 5.32 Å². The van der Waals surface area contributed by atoms with Gasteiger partial charge >= 0.3 is 12.5 Å². The van der Waals surface area contributed by atoms with Crippen molar-refractivity contribution in [2.45, 2.75) is 58.0 Å². The third kappa shape index (κ3) is 5.74. The molecule has 0 saturated heterocycles. The number of nitrogens with zero attached hydrogens (tertiary/aromatic N) is 2. The van der Waals surface area contributed by atoms with Crippen molar-refractivity contribution in [2.24, 2.45) is 0 Å². The predicted octanol–water partition coefficient (Wildman–Crippen LogP) is 5.98. The lowest BCUT2D eigenvalue weighted by atomic mass is 9.97. The van der Waals surface area contributed by atoms with E-state index in [1.165, 1.54) is 18.2 Å². The Bertz CT molecular complexity index is 1100. The molecule has 1 aromatic carbocycles. The van der Waals surface area contributed by atoms with Crippen molar-refractivity contribution < 1.29 is 22.3 Å². The van der Waals surface area contributed by atoms with Crippen molar-refractivity contribution in [1.82, 2.24) is 15.0 Å². The minimum absolute atomic E-state index is 0.117. The summed E-state index contributed by atoms with van der Waals surface area (Å²) in [7, 11) is 0. The Morgan fingerprint density at radius 1 is 1.09 bits per heavy atom. The van der Waals surface area contributed by atoms with E-state index in [0.29, 0.717) is 11.3 Å². The van der Waals surface area contributed by atoms with Gasteiger partial charge in [-0.1, -0.05) is 33.1 Å². The normalized spacial score (nSPS) is 12.8. The summed E-state index contributed by atoms with van der Waals surface area (Å²) < 4.78 is 54.7. The van der Waals surface area contributed by atoms with Crippen molar-refractivity contribution in [3.8, 4) is 5.75 Å². The van der Waals surface area contributed by atoms with Crippen LogP contribution in [-0.2, 0) is 0 Å². The molecule has 0 aliphatic carbocycles. The van der Waals surface area contributed by atoms with Crippen LogP contribution < -0.4 is 15.6 Å². The number of fused-ring (bicyclic) bond motifs is 1. The number of halogens is 4. The van der Waals surface area contributed by atoms with Gasteiger partial charge < -0.3 is 15.0 Å². The van der Waals surface area contributed by atoms with E-state index in [2.05, 4.69) is 38.9 Å². The summed E-state index contributed by atoms with van der Waals surface area (Å²) in [5.41, 5.74) is 1.29. The van der Waals surface area contributed by atoms with E-state index in [1.807, 2.05) is 0 Å². The quantitative estimate of drug-likeness (QED) is 0.292. The number of aromatic amines is 1. The Hall–Kier alpha value is -3.17. The lowest BCUT2D eigenvalue weighted by Gasteiger charge is -2.17. The highest BCUT2D eigenvalue weighted by Crippen LogP contribution is 2.30. The van der Waals surface area contributed by atoms with Crippen LogP contribution in [0.4, 0.5) is 29.2 Å². The number of hydrogen-bond donors (Lipinski definition) is 2. The number of nitrogens with one attached hydrogen (secondary N) is 2. The molecule has 0 fully saturated rings. The van der Waals surface area contributed by atoms with Gasteiger partial charge in [-0.15, -0.1) is 0 Å². The van der Waals surface area contributed by atoms with E-state index >= 15 is 0 Å². The van der Waals surface area contributed by atoms with Crippen LogP contribution in [-0.4, -0.2) is 27.5 Å². The van der Waals surface area contributed by atoms with E-state index in [-0.39, 0.29) is 17.4 Å². The van der Waals surface area contributed by atoms with Crippen molar-refractivity contribution >= 4 is 22.7 Å². The van der Waals surface area contributed by atoms with Gasteiger partial charge in [-0.25, -0.2) is 4.98 Å². The first-order valence-electron chi connectivity index (χ1n) is 10.3. The second-order valence-electron chi connectivity index (χ2n) is 7.53. The molecule has 0 bridgehead atoms. The molecule has 0 aliphatic heterocycles. The molecule has 0 amide bonds. The number of pyridine rings is 1. The highest BCUT2D eigenvalue weighted by Gasteiger charge is 2.43. The Morgan fingerprint density at radius 2 is 1.81 bits per heavy atom. The topological polar surface area (TPSA) is 79.9 Å². The second-order valence-corrected chi connectivity index (χ2v) is 7.53. The van der Waals surface area contributed by atoms with Gasteiger partial charge in [0.05, 0.1) is 5.69 Å². The van der Waals surface area contributed by atoms with E-state index in [0.717, 1.165) is 48.9 Å². The molecule has 2 aromatic heterocycles. The summed E-state index contributed by atoms with van der Waals surface area (Å²) in [5.74, 6) is -0.0797. The minimum atomic E-state index is -4.58. The molecule has 0 radical (unpaired) electrons. The van der Waals surface area contributed by atoms with Crippen LogP contribution in [0, 0.1) is 0 Å². The molecule has 2 N–H and O–H groups in total. The third-order valence-corrected chi connectivity index (χ3v) is 4.94. The molecule has 172 valence electrons. The Labute approximate surface area is 182 Å². The number of benzene rings is 1. The maximum atomic E-state index is 13.1. The number of rotatable bonds is 10. The fraction of sp³-hybridized carbons (Fsp3) is 0.409. The summed E-state index contributed by atoms with van der Waals surface area (Å²) in [6.07, 6.45) is -4.35. The number of hydrogen-bond acceptors (Lipinski definition) is 5. The number of ether oxygens (including phenoxy) is 1. The fourth-order valence-electron chi connectivity index (χ4n) is 3.27. The smallest absolute Gasteiger partial charge is 0.428 e. The van der Waals surface area contributed by atoms with Crippen LogP contribution in [0.25, 0.3) is 11.0 Å². The zero-order chi connectivity index (χ0) is 23.3. The first-order valence-corrected chi connectivity index (χ1v) is 10.3. The van der Waals surface area contributed by atoms with Crippen LogP contribution in [0.5, 0.6) is 5.75 Å². The second kappa shape index (κ2) is 9.97. The summed E-state index contributed by atoms with van der Waals surface area (Å²) in [6, 6.07) is 8.14. The standard InChI is InChI=1S/C22H24F4N4O2/c1-3-4-5-6-13(2)18-16-11-12-17(31)28-19(16)30-21(29-18)27-14-7-9-15(10-8-14)32-22(25,26)20(23)24/h7-13,20H,3-6H2,1-2H3,(H2,27,28,29,30,31). The molecule has 0 saturated carbocycles. The van der Waals surface area contributed by atoms with Gasteiger partial charge in [0.2, 0.25) is 11.5 Å². The maximum absolute atomic E-state index is 13.1. The summed E-state index contributed by atoms with van der Waals surface area (Å²) in [5, 5.41) is 3.70. The summed E-state index contributed by atoms with van der Waals surface area (Å²) >= 11 is 0. The monoisotopic (exact) mass is 452 g/mol. The van der Waals surface area contributed by atoms with Gasteiger partial charge in [-0.2, -0.15) is 22.5 Å². The molecule has 3 rings (SSSR count). The molecule has 3 aromatic rings. The fourth-order valence-corrected chi connectivity index (χ4v) is 3.27. The van der Waals surface area contributed by atoms with E-state index in [1.54, 1.807) is 6.07 Å². The lowest BCUT2D eigenvalue weighted by molar-refractivity contribution is -0.253. The lowest BCUT2D eigenvalue weighted by Crippen LogP contribution is -2.33. The van der Waals surface area contributed by atoms with Crippen LogP contribution >= 0.6 is 0 Å². The first kappa shape index (κ1) is 23.5. The maximum Gasteiger partial charge on any atom is 0.461 e. The highest BCUT2D eigenvalue weighted by atomic mass is 19.3. The van der Waals surface area contributed by atoms with Gasteiger partial charge in [0.15, 0.2) is 0 Å². The largest absolute Gasteiger partial charge is 0.461 e. The first-order chi connectivity index (χ1) is 15.2. The van der Waals surface area contributed by atoms with Gasteiger partial charge in [0, 0.05) is 17.1 Å². The van der Waals surface area contributed by atoms with Crippen LogP contribution in [0.3, 0.4) is 0 Å². The van der Waals surface area contributed by atoms with E-state index < -0.39 is 18.3 Å². The molecule has 6 nitrogen and oxygen atoms in total. The zero-order valence-electron chi connectivity index (χ0n) is 17.7. The third-order valence-electron chi connectivity index (χ3n) is 4.94. The average molecular weight is 452 g/mol. The molecule has 32 heavy (non-hydrogen) atoms. The number of anilines is 2. The average Bonchev–Trinajstić information content (AvgIpc) is 2.74. The molecular weight excluding hydrogens is 428 g/mol. The van der Waals surface area contributed by atoms with Crippen molar-refractivity contribution in [1.29, 1.82) is 0 Å². The van der Waals surface area contributed by atoms with Gasteiger partial charge in [-0.05, 0) is 42.7 Å². The number of H-pyrrole nitrogens is 1. The minimum Gasteiger partial charge on any atom is -0.428 e. The number of unbranched alkanes of at least 4 members (excludes halogenated alkanes) is 2. The molecule has 1 unspecified atom stereocenters. The van der Waals surface area contributed by atoms with E-state index in [9.17, 15) is 22.4 Å². The van der Waals surface area contributed by atoms with Gasteiger partial charge in [0.25, 0.3) is 0 Å². The van der Waals surface area contributed by atoms with Gasteiger partial charge in [0.1, 0.15) is 11.4 Å². The van der Waals surface area contributed by atoms with Crippen molar-refractivity contribution in [3.05, 3.63) is 52.4 Å².